The fourth-order valence-corrected chi connectivity index (χ4v) is 3.06. The van der Waals surface area contributed by atoms with Crippen molar-refractivity contribution in [1.29, 1.82) is 0 Å². The van der Waals surface area contributed by atoms with Crippen LogP contribution in [-0.4, -0.2) is 22.9 Å². The number of hydrogen-bond acceptors (Lipinski definition) is 5. The molecule has 2 heterocycles. The van der Waals surface area contributed by atoms with E-state index in [4.69, 9.17) is 4.52 Å². The molecule has 0 unspecified atom stereocenters. The molecule has 0 N–H and O–H groups in total. The van der Waals surface area contributed by atoms with Gasteiger partial charge in [0.2, 0.25) is 0 Å². The fraction of sp³-hybridized carbons (Fsp3) is 0.467. The second kappa shape index (κ2) is 5.50. The van der Waals surface area contributed by atoms with Gasteiger partial charge in [-0.1, -0.05) is 5.16 Å². The molecule has 1 aliphatic rings. The molecule has 0 bridgehead atoms. The Bertz CT molecular complexity index is 613. The van der Waals surface area contributed by atoms with Crippen LogP contribution in [0.15, 0.2) is 22.0 Å². The number of nitrogens with zero attached hydrogens (tertiary/aromatic N) is 2. The second-order valence-corrected chi connectivity index (χ2v) is 6.45. The molecule has 1 fully saturated rings. The third-order valence-corrected chi connectivity index (χ3v) is 4.52. The van der Waals surface area contributed by atoms with E-state index in [0.717, 1.165) is 29.4 Å². The van der Waals surface area contributed by atoms with Crippen LogP contribution in [0.1, 0.15) is 52.4 Å². The number of rotatable bonds is 6. The first-order valence-corrected chi connectivity index (χ1v) is 7.72. The average molecular weight is 290 g/mol. The van der Waals surface area contributed by atoms with Crippen molar-refractivity contribution in [2.24, 2.45) is 0 Å². The number of carbonyl (C=O) groups excluding carboxylic acids is 1. The molecule has 5 heteroatoms. The number of thiophene rings is 1. The summed E-state index contributed by atoms with van der Waals surface area (Å²) < 4.78 is 5.36. The van der Waals surface area contributed by atoms with Crippen molar-refractivity contribution in [3.05, 3.63) is 39.4 Å². The Labute approximate surface area is 122 Å². The van der Waals surface area contributed by atoms with E-state index in [9.17, 15) is 4.79 Å². The second-order valence-electron chi connectivity index (χ2n) is 5.54. The van der Waals surface area contributed by atoms with Gasteiger partial charge in [0.15, 0.2) is 5.78 Å². The van der Waals surface area contributed by atoms with Gasteiger partial charge < -0.3 is 4.52 Å². The lowest BCUT2D eigenvalue weighted by Gasteiger charge is -2.13. The predicted molar refractivity (Wildman–Crippen MR) is 78.0 cm³/mol. The van der Waals surface area contributed by atoms with Gasteiger partial charge in [-0.2, -0.15) is 0 Å². The molecule has 0 amide bonds. The smallest absolute Gasteiger partial charge is 0.169 e. The lowest BCUT2D eigenvalue weighted by atomic mass is 10.2. The zero-order chi connectivity index (χ0) is 14.1. The third-order valence-electron chi connectivity index (χ3n) is 3.44. The minimum absolute atomic E-state index is 0.134. The van der Waals surface area contributed by atoms with Gasteiger partial charge in [0.05, 0.1) is 10.6 Å². The van der Waals surface area contributed by atoms with Crippen LogP contribution >= 0.6 is 11.3 Å². The molecule has 2 aromatic heterocycles. The van der Waals surface area contributed by atoms with Crippen LogP contribution in [0, 0.1) is 0 Å². The van der Waals surface area contributed by atoms with Gasteiger partial charge in [-0.15, -0.1) is 11.3 Å². The lowest BCUT2D eigenvalue weighted by Crippen LogP contribution is -2.17. The first-order chi connectivity index (χ1) is 9.61. The van der Waals surface area contributed by atoms with E-state index in [0.29, 0.717) is 5.92 Å². The minimum atomic E-state index is 0.134. The van der Waals surface area contributed by atoms with Gasteiger partial charge in [-0.25, -0.2) is 0 Å². The summed E-state index contributed by atoms with van der Waals surface area (Å²) in [6.07, 6.45) is 2.46. The fourth-order valence-electron chi connectivity index (χ4n) is 2.25. The molecule has 3 rings (SSSR count). The summed E-state index contributed by atoms with van der Waals surface area (Å²) in [5, 5.41) is 6.17. The molecule has 1 saturated carbocycles. The summed E-state index contributed by atoms with van der Waals surface area (Å²) >= 11 is 1.51. The molecule has 4 nitrogen and oxygen atoms in total. The van der Waals surface area contributed by atoms with Crippen LogP contribution in [0.2, 0.25) is 0 Å². The molecule has 106 valence electrons. The van der Waals surface area contributed by atoms with Crippen LogP contribution in [0.5, 0.6) is 0 Å². The summed E-state index contributed by atoms with van der Waals surface area (Å²) in [4.78, 5) is 14.3. The standard InChI is InChI=1S/C15H18N2O2S/c1-10(18)15-5-11(9-20-15)7-17(2)8-13-6-14(19-16-13)12-3-4-12/h5-6,9,12H,3-4,7-8H2,1-2H3. The molecular weight excluding hydrogens is 272 g/mol. The predicted octanol–water partition coefficient (Wildman–Crippen LogP) is 3.45. The first kappa shape index (κ1) is 13.5. The summed E-state index contributed by atoms with van der Waals surface area (Å²) in [5.41, 5.74) is 2.16. The molecule has 2 aromatic rings. The van der Waals surface area contributed by atoms with Crippen molar-refractivity contribution < 1.29 is 9.32 Å². The van der Waals surface area contributed by atoms with Gasteiger partial charge in [0.25, 0.3) is 0 Å². The van der Waals surface area contributed by atoms with Crippen LogP contribution in [0.3, 0.4) is 0 Å². The van der Waals surface area contributed by atoms with Crippen LogP contribution in [-0.2, 0) is 13.1 Å². The summed E-state index contributed by atoms with van der Waals surface area (Å²) in [6, 6.07) is 4.05. The van der Waals surface area contributed by atoms with Crippen LogP contribution in [0.25, 0.3) is 0 Å². The molecule has 0 aliphatic heterocycles. The molecular formula is C15H18N2O2S. The first-order valence-electron chi connectivity index (χ1n) is 6.84. The van der Waals surface area contributed by atoms with Gasteiger partial charge >= 0.3 is 0 Å². The minimum Gasteiger partial charge on any atom is -0.361 e. The lowest BCUT2D eigenvalue weighted by molar-refractivity contribution is 0.102. The van der Waals surface area contributed by atoms with E-state index < -0.39 is 0 Å². The molecule has 0 aromatic carbocycles. The number of ketones is 1. The van der Waals surface area contributed by atoms with Crippen molar-refractivity contribution in [3.63, 3.8) is 0 Å². The molecule has 0 radical (unpaired) electrons. The summed E-state index contributed by atoms with van der Waals surface area (Å²) in [5.74, 6) is 1.77. The highest BCUT2D eigenvalue weighted by molar-refractivity contribution is 7.12. The van der Waals surface area contributed by atoms with Crippen molar-refractivity contribution in [1.82, 2.24) is 10.1 Å². The Morgan fingerprint density at radius 2 is 2.25 bits per heavy atom. The van der Waals surface area contributed by atoms with E-state index in [1.54, 1.807) is 6.92 Å². The molecule has 0 atom stereocenters. The molecule has 0 saturated heterocycles. The Balaban J connectivity index is 1.57. The van der Waals surface area contributed by atoms with E-state index >= 15 is 0 Å². The zero-order valence-corrected chi connectivity index (χ0v) is 12.6. The molecule has 20 heavy (non-hydrogen) atoms. The average Bonchev–Trinajstić information content (AvgIpc) is 2.96. The van der Waals surface area contributed by atoms with Crippen molar-refractivity contribution in [2.75, 3.05) is 7.05 Å². The normalized spacial score (nSPS) is 14.9. The number of aromatic nitrogens is 1. The van der Waals surface area contributed by atoms with Crippen LogP contribution in [0.4, 0.5) is 0 Å². The summed E-state index contributed by atoms with van der Waals surface area (Å²) in [7, 11) is 2.05. The van der Waals surface area contributed by atoms with Gasteiger partial charge in [0.1, 0.15) is 5.76 Å². The molecule has 1 aliphatic carbocycles. The maximum atomic E-state index is 11.3. The number of Topliss-reactive ketones (excluding diaryl/α,β-unsaturated/α-hetero) is 1. The Morgan fingerprint density at radius 3 is 2.90 bits per heavy atom. The number of carbonyl (C=O) groups is 1. The topological polar surface area (TPSA) is 46.3 Å². The van der Waals surface area contributed by atoms with E-state index in [1.807, 2.05) is 11.4 Å². The van der Waals surface area contributed by atoms with Crippen molar-refractivity contribution in [3.8, 4) is 0 Å². The van der Waals surface area contributed by atoms with Gasteiger partial charge in [0, 0.05) is 25.1 Å². The highest BCUT2D eigenvalue weighted by Gasteiger charge is 2.27. The Kier molecular flexibility index (Phi) is 3.72. The quantitative estimate of drug-likeness (QED) is 0.764. The highest BCUT2D eigenvalue weighted by atomic mass is 32.1. The molecule has 0 spiro atoms. The monoisotopic (exact) mass is 290 g/mol. The largest absolute Gasteiger partial charge is 0.361 e. The van der Waals surface area contributed by atoms with Crippen molar-refractivity contribution in [2.45, 2.75) is 38.8 Å². The maximum Gasteiger partial charge on any atom is 0.169 e. The maximum absolute atomic E-state index is 11.3. The van der Waals surface area contributed by atoms with Gasteiger partial charge in [-0.05, 0) is 43.8 Å². The van der Waals surface area contributed by atoms with E-state index in [-0.39, 0.29) is 5.78 Å². The SMILES string of the molecule is CC(=O)c1cc(CN(C)Cc2cc(C3CC3)on2)cs1. The van der Waals surface area contributed by atoms with Crippen molar-refractivity contribution >= 4 is 17.1 Å². The highest BCUT2D eigenvalue weighted by Crippen LogP contribution is 2.40. The Morgan fingerprint density at radius 1 is 1.45 bits per heavy atom. The Hall–Kier alpha value is -1.46. The zero-order valence-electron chi connectivity index (χ0n) is 11.8. The van der Waals surface area contributed by atoms with E-state index in [1.165, 1.54) is 29.7 Å². The summed E-state index contributed by atoms with van der Waals surface area (Å²) in [6.45, 7) is 3.19. The third kappa shape index (κ3) is 3.16. The van der Waals surface area contributed by atoms with E-state index in [2.05, 4.69) is 23.2 Å². The van der Waals surface area contributed by atoms with Gasteiger partial charge in [-0.3, -0.25) is 9.69 Å². The van der Waals surface area contributed by atoms with Crippen LogP contribution < -0.4 is 0 Å². The number of hydrogen-bond donors (Lipinski definition) is 0.